The highest BCUT2D eigenvalue weighted by atomic mass is 16.5. The van der Waals surface area contributed by atoms with Crippen LogP contribution in [0.15, 0.2) is 24.3 Å². The average Bonchev–Trinajstić information content (AvgIpc) is 2.39. The molecule has 1 radical (unpaired) electrons. The number of unbranched alkanes of at least 4 members (excludes halogenated alkanes) is 7. The third kappa shape index (κ3) is 7.37. The summed E-state index contributed by atoms with van der Waals surface area (Å²) in [4.78, 5) is 0. The molecule has 1 aromatic carbocycles. The molecule has 0 unspecified atom stereocenters. The lowest BCUT2D eigenvalue weighted by Crippen LogP contribution is -1.97. The van der Waals surface area contributed by atoms with Crippen LogP contribution in [0.2, 0.25) is 0 Å². The van der Waals surface area contributed by atoms with Crippen LogP contribution in [0.4, 0.5) is 0 Å². The summed E-state index contributed by atoms with van der Waals surface area (Å²) in [7, 11) is 0. The highest BCUT2D eigenvalue weighted by molar-refractivity contribution is 5.28. The van der Waals surface area contributed by atoms with E-state index in [1.54, 1.807) is 0 Å². The van der Waals surface area contributed by atoms with Crippen LogP contribution < -0.4 is 4.74 Å². The number of ether oxygens (including phenoxy) is 1. The van der Waals surface area contributed by atoms with E-state index in [9.17, 15) is 0 Å². The average molecular weight is 247 g/mol. The second-order valence-corrected chi connectivity index (χ2v) is 4.97. The van der Waals surface area contributed by atoms with Crippen molar-refractivity contribution in [3.8, 4) is 5.75 Å². The predicted octanol–water partition coefficient (Wildman–Crippen LogP) is 5.39. The fraction of sp³-hybridized carbons (Fsp3) is 0.588. The van der Waals surface area contributed by atoms with Crippen LogP contribution in [-0.4, -0.2) is 6.61 Å². The van der Waals surface area contributed by atoms with Gasteiger partial charge >= 0.3 is 0 Å². The number of rotatable bonds is 10. The van der Waals surface area contributed by atoms with E-state index in [1.165, 1.54) is 51.4 Å². The molecule has 0 aromatic heterocycles. The molecule has 0 N–H and O–H groups in total. The lowest BCUT2D eigenvalue weighted by atomic mass is 10.1. The van der Waals surface area contributed by atoms with Gasteiger partial charge in [-0.1, -0.05) is 64.0 Å². The minimum Gasteiger partial charge on any atom is -0.494 e. The van der Waals surface area contributed by atoms with E-state index >= 15 is 0 Å². The molecule has 0 heterocycles. The molecule has 101 valence electrons. The van der Waals surface area contributed by atoms with Crippen molar-refractivity contribution in [1.82, 2.24) is 0 Å². The normalized spacial score (nSPS) is 10.6. The summed E-state index contributed by atoms with van der Waals surface area (Å²) in [6.45, 7) is 6.96. The van der Waals surface area contributed by atoms with Gasteiger partial charge < -0.3 is 4.74 Å². The molecule has 1 aromatic rings. The monoisotopic (exact) mass is 247 g/mol. The lowest BCUT2D eigenvalue weighted by Gasteiger charge is -2.06. The third-order valence-corrected chi connectivity index (χ3v) is 3.19. The minimum absolute atomic E-state index is 0.839. The van der Waals surface area contributed by atoms with Crippen LogP contribution in [-0.2, 0) is 0 Å². The summed E-state index contributed by atoms with van der Waals surface area (Å²) in [6.07, 6.45) is 10.7. The van der Waals surface area contributed by atoms with Crippen molar-refractivity contribution in [2.45, 2.75) is 58.3 Å². The van der Waals surface area contributed by atoms with Gasteiger partial charge in [-0.3, -0.25) is 0 Å². The molecule has 0 aliphatic heterocycles. The molecule has 0 fully saturated rings. The Bertz CT molecular complexity index is 289. The van der Waals surface area contributed by atoms with Gasteiger partial charge in [0.15, 0.2) is 0 Å². The van der Waals surface area contributed by atoms with Crippen molar-refractivity contribution < 1.29 is 4.74 Å². The Balaban J connectivity index is 1.91. The second-order valence-electron chi connectivity index (χ2n) is 4.97. The molecule has 0 aliphatic carbocycles. The maximum atomic E-state index is 5.68. The first-order chi connectivity index (χ1) is 8.83. The molecule has 0 saturated carbocycles. The van der Waals surface area contributed by atoms with Crippen LogP contribution in [0, 0.1) is 6.92 Å². The van der Waals surface area contributed by atoms with E-state index in [4.69, 9.17) is 4.74 Å². The lowest BCUT2D eigenvalue weighted by molar-refractivity contribution is 0.304. The SMILES string of the molecule is [CH2]c1ccc(OCCCCCCCCCC)cc1. The zero-order valence-electron chi connectivity index (χ0n) is 11.8. The Labute approximate surface area is 113 Å². The van der Waals surface area contributed by atoms with Gasteiger partial charge in [0.05, 0.1) is 6.61 Å². The van der Waals surface area contributed by atoms with Crippen molar-refractivity contribution >= 4 is 0 Å². The van der Waals surface area contributed by atoms with Gasteiger partial charge in [-0.05, 0) is 31.0 Å². The summed E-state index contributed by atoms with van der Waals surface area (Å²) in [6, 6.07) is 7.96. The van der Waals surface area contributed by atoms with Gasteiger partial charge in [0.1, 0.15) is 5.75 Å². The Hall–Kier alpha value is -0.980. The predicted molar refractivity (Wildman–Crippen MR) is 79.0 cm³/mol. The Morgan fingerprint density at radius 3 is 2.00 bits per heavy atom. The molecule has 0 spiro atoms. The Morgan fingerprint density at radius 1 is 0.833 bits per heavy atom. The summed E-state index contributed by atoms with van der Waals surface area (Å²) in [5, 5.41) is 0. The zero-order valence-corrected chi connectivity index (χ0v) is 11.8. The first-order valence-electron chi connectivity index (χ1n) is 7.37. The number of hydrogen-bond donors (Lipinski definition) is 0. The van der Waals surface area contributed by atoms with E-state index in [0.29, 0.717) is 0 Å². The van der Waals surface area contributed by atoms with Crippen molar-refractivity contribution in [2.75, 3.05) is 6.61 Å². The topological polar surface area (TPSA) is 9.23 Å². The summed E-state index contributed by atoms with van der Waals surface area (Å²) in [5.74, 6) is 0.963. The van der Waals surface area contributed by atoms with E-state index in [0.717, 1.165) is 17.9 Å². The van der Waals surface area contributed by atoms with Gasteiger partial charge in [0, 0.05) is 0 Å². The van der Waals surface area contributed by atoms with Crippen molar-refractivity contribution in [3.05, 3.63) is 36.8 Å². The van der Waals surface area contributed by atoms with Gasteiger partial charge in [-0.2, -0.15) is 0 Å². The van der Waals surface area contributed by atoms with Gasteiger partial charge in [-0.15, -0.1) is 0 Å². The van der Waals surface area contributed by atoms with Crippen LogP contribution >= 0.6 is 0 Å². The molecule has 0 aliphatic rings. The molecule has 0 saturated heterocycles. The Kier molecular flexibility index (Phi) is 8.37. The van der Waals surface area contributed by atoms with E-state index < -0.39 is 0 Å². The van der Waals surface area contributed by atoms with Crippen molar-refractivity contribution in [3.63, 3.8) is 0 Å². The number of benzene rings is 1. The van der Waals surface area contributed by atoms with Crippen LogP contribution in [0.25, 0.3) is 0 Å². The number of hydrogen-bond acceptors (Lipinski definition) is 1. The highest BCUT2D eigenvalue weighted by Gasteiger charge is 1.94. The van der Waals surface area contributed by atoms with Gasteiger partial charge in [-0.25, -0.2) is 0 Å². The maximum Gasteiger partial charge on any atom is 0.119 e. The van der Waals surface area contributed by atoms with Crippen LogP contribution in [0.5, 0.6) is 5.75 Å². The standard InChI is InChI=1S/C17H27O/c1-3-4-5-6-7-8-9-10-15-18-17-13-11-16(2)12-14-17/h11-14H,2-10,15H2,1H3. The maximum absolute atomic E-state index is 5.68. The molecule has 1 nitrogen and oxygen atoms in total. The molecular formula is C17H27O. The van der Waals surface area contributed by atoms with E-state index in [1.807, 2.05) is 24.3 Å². The third-order valence-electron chi connectivity index (χ3n) is 3.19. The first-order valence-corrected chi connectivity index (χ1v) is 7.37. The van der Waals surface area contributed by atoms with Crippen LogP contribution in [0.3, 0.4) is 0 Å². The summed E-state index contributed by atoms with van der Waals surface area (Å²) < 4.78 is 5.68. The quantitative estimate of drug-likeness (QED) is 0.504. The molecule has 0 amide bonds. The van der Waals surface area contributed by atoms with Crippen molar-refractivity contribution in [2.24, 2.45) is 0 Å². The van der Waals surface area contributed by atoms with E-state index in [-0.39, 0.29) is 0 Å². The molecule has 18 heavy (non-hydrogen) atoms. The second kappa shape index (κ2) is 9.99. The largest absolute Gasteiger partial charge is 0.494 e. The summed E-state index contributed by atoms with van der Waals surface area (Å²) >= 11 is 0. The molecule has 0 atom stereocenters. The van der Waals surface area contributed by atoms with E-state index in [2.05, 4.69) is 13.8 Å². The summed E-state index contributed by atoms with van der Waals surface area (Å²) in [5.41, 5.74) is 1.04. The fourth-order valence-corrected chi connectivity index (χ4v) is 2.01. The zero-order chi connectivity index (χ0) is 13.1. The van der Waals surface area contributed by atoms with Crippen LogP contribution in [0.1, 0.15) is 63.9 Å². The fourth-order valence-electron chi connectivity index (χ4n) is 2.01. The molecule has 1 heteroatoms. The first kappa shape index (κ1) is 15.1. The van der Waals surface area contributed by atoms with Crippen molar-refractivity contribution in [1.29, 1.82) is 0 Å². The molecule has 0 bridgehead atoms. The van der Waals surface area contributed by atoms with Gasteiger partial charge in [0.25, 0.3) is 0 Å². The molecule has 1 rings (SSSR count). The molecular weight excluding hydrogens is 220 g/mol. The highest BCUT2D eigenvalue weighted by Crippen LogP contribution is 2.13. The van der Waals surface area contributed by atoms with Gasteiger partial charge in [0.2, 0.25) is 0 Å². The smallest absolute Gasteiger partial charge is 0.119 e. The minimum atomic E-state index is 0.839. The Morgan fingerprint density at radius 2 is 1.39 bits per heavy atom.